The van der Waals surface area contributed by atoms with Crippen LogP contribution in [-0.4, -0.2) is 25.2 Å². The molecule has 0 aromatic carbocycles. The highest BCUT2D eigenvalue weighted by atomic mass is 15.0. The maximum atomic E-state index is 3.73. The van der Waals surface area contributed by atoms with Gasteiger partial charge in [0.05, 0.1) is 0 Å². The maximum absolute atomic E-state index is 3.73. The molecule has 2 N–H and O–H groups in total. The molecule has 0 aromatic heterocycles. The third-order valence-electron chi connectivity index (χ3n) is 3.93. The summed E-state index contributed by atoms with van der Waals surface area (Å²) in [6, 6.07) is 1.55. The van der Waals surface area contributed by atoms with Crippen LogP contribution < -0.4 is 10.6 Å². The van der Waals surface area contributed by atoms with Crippen molar-refractivity contribution in [3.63, 3.8) is 0 Å². The molecule has 0 spiro atoms. The Morgan fingerprint density at radius 3 is 2.50 bits per heavy atom. The van der Waals surface area contributed by atoms with E-state index in [0.717, 1.165) is 23.9 Å². The van der Waals surface area contributed by atoms with Gasteiger partial charge in [0.1, 0.15) is 0 Å². The average molecular weight is 196 g/mol. The largest absolute Gasteiger partial charge is 0.314 e. The van der Waals surface area contributed by atoms with Crippen LogP contribution in [0.1, 0.15) is 39.5 Å². The quantitative estimate of drug-likeness (QED) is 0.668. The summed E-state index contributed by atoms with van der Waals surface area (Å²) in [5, 5.41) is 7.26. The van der Waals surface area contributed by atoms with Crippen LogP contribution in [-0.2, 0) is 0 Å². The van der Waals surface area contributed by atoms with Gasteiger partial charge in [-0.1, -0.05) is 6.92 Å². The van der Waals surface area contributed by atoms with Gasteiger partial charge in [0.15, 0.2) is 0 Å². The highest BCUT2D eigenvalue weighted by Gasteiger charge is 2.28. The smallest absolute Gasteiger partial charge is 0.00966 e. The average Bonchev–Trinajstić information content (AvgIpc) is 2.19. The second-order valence-electron chi connectivity index (χ2n) is 5.34. The molecule has 82 valence electrons. The number of piperidine rings is 2. The monoisotopic (exact) mass is 196 g/mol. The first-order valence-corrected chi connectivity index (χ1v) is 6.22. The molecule has 0 radical (unpaired) electrons. The molecule has 2 fully saturated rings. The van der Waals surface area contributed by atoms with E-state index in [4.69, 9.17) is 0 Å². The van der Waals surface area contributed by atoms with Gasteiger partial charge in [0.25, 0.3) is 0 Å². The lowest BCUT2D eigenvalue weighted by Gasteiger charge is -2.38. The summed E-state index contributed by atoms with van der Waals surface area (Å²) >= 11 is 0. The third-order valence-corrected chi connectivity index (χ3v) is 3.93. The van der Waals surface area contributed by atoms with Crippen molar-refractivity contribution in [2.75, 3.05) is 13.1 Å². The van der Waals surface area contributed by atoms with E-state index in [-0.39, 0.29) is 0 Å². The SMILES string of the molecule is CC1CCC(C2CCNC(C)C2)NC1. The summed E-state index contributed by atoms with van der Waals surface area (Å²) in [4.78, 5) is 0. The van der Waals surface area contributed by atoms with Crippen LogP contribution in [0.5, 0.6) is 0 Å². The van der Waals surface area contributed by atoms with Gasteiger partial charge in [-0.05, 0) is 57.5 Å². The van der Waals surface area contributed by atoms with E-state index in [0.29, 0.717) is 0 Å². The van der Waals surface area contributed by atoms with Crippen LogP contribution in [0, 0.1) is 11.8 Å². The number of hydrogen-bond acceptors (Lipinski definition) is 2. The molecule has 2 heteroatoms. The number of nitrogens with one attached hydrogen (secondary N) is 2. The van der Waals surface area contributed by atoms with E-state index < -0.39 is 0 Å². The predicted molar refractivity (Wildman–Crippen MR) is 60.4 cm³/mol. The Hall–Kier alpha value is -0.0800. The molecule has 0 bridgehead atoms. The van der Waals surface area contributed by atoms with Crippen molar-refractivity contribution in [2.24, 2.45) is 11.8 Å². The second kappa shape index (κ2) is 4.63. The third kappa shape index (κ3) is 2.48. The molecule has 0 aliphatic carbocycles. The van der Waals surface area contributed by atoms with Crippen LogP contribution in [0.2, 0.25) is 0 Å². The van der Waals surface area contributed by atoms with E-state index in [9.17, 15) is 0 Å². The Kier molecular flexibility index (Phi) is 3.45. The highest BCUT2D eigenvalue weighted by Crippen LogP contribution is 2.26. The molecule has 2 aliphatic heterocycles. The van der Waals surface area contributed by atoms with Crippen LogP contribution in [0.4, 0.5) is 0 Å². The van der Waals surface area contributed by atoms with Crippen molar-refractivity contribution in [2.45, 2.75) is 51.6 Å². The summed E-state index contributed by atoms with van der Waals surface area (Å²) in [6.45, 7) is 7.13. The minimum Gasteiger partial charge on any atom is -0.314 e. The van der Waals surface area contributed by atoms with Gasteiger partial charge in [-0.2, -0.15) is 0 Å². The fraction of sp³-hybridized carbons (Fsp3) is 1.00. The van der Waals surface area contributed by atoms with Crippen molar-refractivity contribution < 1.29 is 0 Å². The van der Waals surface area contributed by atoms with Gasteiger partial charge in [-0.15, -0.1) is 0 Å². The van der Waals surface area contributed by atoms with E-state index in [2.05, 4.69) is 24.5 Å². The molecular weight excluding hydrogens is 172 g/mol. The standard InChI is InChI=1S/C12H24N2/c1-9-3-4-12(14-8-9)11-5-6-13-10(2)7-11/h9-14H,3-8H2,1-2H3. The van der Waals surface area contributed by atoms with E-state index in [1.54, 1.807) is 0 Å². The van der Waals surface area contributed by atoms with E-state index in [1.165, 1.54) is 38.8 Å². The molecule has 2 rings (SSSR count). The Morgan fingerprint density at radius 2 is 1.86 bits per heavy atom. The molecule has 0 aromatic rings. The van der Waals surface area contributed by atoms with Crippen molar-refractivity contribution >= 4 is 0 Å². The number of rotatable bonds is 1. The molecular formula is C12H24N2. The molecule has 0 amide bonds. The Balaban J connectivity index is 1.82. The lowest BCUT2D eigenvalue weighted by atomic mass is 9.81. The topological polar surface area (TPSA) is 24.1 Å². The molecule has 2 nitrogen and oxygen atoms in total. The zero-order valence-electron chi connectivity index (χ0n) is 9.55. The maximum Gasteiger partial charge on any atom is 0.00966 e. The van der Waals surface area contributed by atoms with Crippen molar-refractivity contribution in [1.29, 1.82) is 0 Å². The fourth-order valence-electron chi connectivity index (χ4n) is 2.96. The molecule has 2 heterocycles. The van der Waals surface area contributed by atoms with E-state index in [1.807, 2.05) is 0 Å². The summed E-state index contributed by atoms with van der Waals surface area (Å²) in [7, 11) is 0. The van der Waals surface area contributed by atoms with Crippen LogP contribution >= 0.6 is 0 Å². The molecule has 4 atom stereocenters. The van der Waals surface area contributed by atoms with Crippen LogP contribution in [0.3, 0.4) is 0 Å². The predicted octanol–water partition coefficient (Wildman–Crippen LogP) is 1.76. The first-order chi connectivity index (χ1) is 6.75. The molecule has 4 unspecified atom stereocenters. The molecule has 2 saturated heterocycles. The van der Waals surface area contributed by atoms with Crippen molar-refractivity contribution in [1.82, 2.24) is 10.6 Å². The number of hydrogen-bond donors (Lipinski definition) is 2. The van der Waals surface area contributed by atoms with Gasteiger partial charge in [0.2, 0.25) is 0 Å². The van der Waals surface area contributed by atoms with Crippen LogP contribution in [0.15, 0.2) is 0 Å². The van der Waals surface area contributed by atoms with Crippen molar-refractivity contribution in [3.8, 4) is 0 Å². The highest BCUT2D eigenvalue weighted by molar-refractivity contribution is 4.87. The molecule has 2 aliphatic rings. The zero-order valence-corrected chi connectivity index (χ0v) is 9.55. The minimum atomic E-state index is 0.731. The summed E-state index contributed by atoms with van der Waals surface area (Å²) in [6.07, 6.45) is 5.57. The minimum absolute atomic E-state index is 0.731. The van der Waals surface area contributed by atoms with Gasteiger partial charge < -0.3 is 10.6 Å². The Labute approximate surface area is 87.8 Å². The lowest BCUT2D eigenvalue weighted by molar-refractivity contribution is 0.198. The first kappa shape index (κ1) is 10.4. The summed E-state index contributed by atoms with van der Waals surface area (Å²) < 4.78 is 0. The van der Waals surface area contributed by atoms with Gasteiger partial charge in [-0.3, -0.25) is 0 Å². The van der Waals surface area contributed by atoms with Crippen molar-refractivity contribution in [3.05, 3.63) is 0 Å². The van der Waals surface area contributed by atoms with E-state index >= 15 is 0 Å². The normalized spacial score (nSPS) is 45.0. The molecule has 14 heavy (non-hydrogen) atoms. The van der Waals surface area contributed by atoms with Gasteiger partial charge >= 0.3 is 0 Å². The fourth-order valence-corrected chi connectivity index (χ4v) is 2.96. The lowest BCUT2D eigenvalue weighted by Crippen LogP contribution is -2.48. The summed E-state index contributed by atoms with van der Waals surface area (Å²) in [5.74, 6) is 1.82. The first-order valence-electron chi connectivity index (χ1n) is 6.22. The van der Waals surface area contributed by atoms with Gasteiger partial charge in [0, 0.05) is 12.1 Å². The Morgan fingerprint density at radius 1 is 1.00 bits per heavy atom. The van der Waals surface area contributed by atoms with Gasteiger partial charge in [-0.25, -0.2) is 0 Å². The Bertz CT molecular complexity index is 173. The molecule has 0 saturated carbocycles. The zero-order chi connectivity index (χ0) is 9.97. The summed E-state index contributed by atoms with van der Waals surface area (Å²) in [5.41, 5.74) is 0. The second-order valence-corrected chi connectivity index (χ2v) is 5.34. The van der Waals surface area contributed by atoms with Crippen LogP contribution in [0.25, 0.3) is 0 Å².